The second-order valence-electron chi connectivity index (χ2n) is 7.92. The van der Waals surface area contributed by atoms with Gasteiger partial charge in [0.2, 0.25) is 19.9 Å². The molecule has 2 aromatic rings. The number of alkyl halides is 3. The Hall–Kier alpha value is -2.48. The molecule has 1 unspecified atom stereocenters. The normalized spacial score (nSPS) is 17.4. The monoisotopic (exact) mass is 520 g/mol. The van der Waals surface area contributed by atoms with Crippen molar-refractivity contribution in [1.29, 1.82) is 0 Å². The highest BCUT2D eigenvalue weighted by molar-refractivity contribution is 7.91. The highest BCUT2D eigenvalue weighted by Gasteiger charge is 2.39. The van der Waals surface area contributed by atoms with Crippen molar-refractivity contribution in [2.24, 2.45) is 0 Å². The van der Waals surface area contributed by atoms with Crippen LogP contribution in [0.1, 0.15) is 25.3 Å². The first-order chi connectivity index (χ1) is 15.7. The van der Waals surface area contributed by atoms with E-state index in [0.717, 1.165) is 6.07 Å². The molecule has 13 heteroatoms. The zero-order valence-electron chi connectivity index (χ0n) is 18.0. The zero-order chi connectivity index (χ0) is 25.3. The summed E-state index contributed by atoms with van der Waals surface area (Å²) >= 11 is 0. The third-order valence-corrected chi connectivity index (χ3v) is 9.00. The summed E-state index contributed by atoms with van der Waals surface area (Å²) < 4.78 is 94.8. The number of carboxylic acid groups (broad SMARTS) is 1. The molecule has 0 aliphatic carbocycles. The van der Waals surface area contributed by atoms with Gasteiger partial charge in [0.1, 0.15) is 6.04 Å². The van der Waals surface area contributed by atoms with Crippen LogP contribution in [0.5, 0.6) is 0 Å². The molecule has 0 amide bonds. The summed E-state index contributed by atoms with van der Waals surface area (Å²) in [5, 5.41) is 9.11. The van der Waals surface area contributed by atoms with Crippen molar-refractivity contribution < 1.29 is 39.9 Å². The van der Waals surface area contributed by atoms with E-state index in [-0.39, 0.29) is 30.8 Å². The Bertz CT molecular complexity index is 1260. The van der Waals surface area contributed by atoms with Crippen molar-refractivity contribution in [1.82, 2.24) is 9.62 Å². The summed E-state index contributed by atoms with van der Waals surface area (Å²) in [4.78, 5) is 10.8. The Balaban J connectivity index is 1.94. The molecule has 0 saturated carbocycles. The highest BCUT2D eigenvalue weighted by Crippen LogP contribution is 2.36. The fraction of sp³-hybridized carbons (Fsp3) is 0.381. The van der Waals surface area contributed by atoms with Crippen molar-refractivity contribution in [2.75, 3.05) is 13.1 Å². The number of nitrogens with one attached hydrogen (secondary N) is 1. The van der Waals surface area contributed by atoms with Crippen LogP contribution in [0, 0.1) is 0 Å². The second kappa shape index (κ2) is 9.64. The molecule has 1 atom stereocenters. The number of halogens is 3. The second-order valence-corrected chi connectivity index (χ2v) is 11.6. The van der Waals surface area contributed by atoms with Gasteiger partial charge in [-0.2, -0.15) is 13.2 Å². The standard InChI is InChI=1S/C21H23F3N2O6S2/c1-14(20(27)28)26-11-9-15(10-12-26)25-34(31,32)19-13-17(7-8-18(19)21(22,23)24)33(29,30)16-5-3-2-4-6-16/h2-8,13-15,25H,9-12H2,1H3,(H,27,28). The number of hydrogen-bond donors (Lipinski definition) is 2. The summed E-state index contributed by atoms with van der Waals surface area (Å²) in [6.07, 6.45) is -4.68. The number of carbonyl (C=O) groups is 1. The van der Waals surface area contributed by atoms with Crippen LogP contribution in [0.2, 0.25) is 0 Å². The lowest BCUT2D eigenvalue weighted by atomic mass is 10.0. The SMILES string of the molecule is CC(C(=O)O)N1CCC(NS(=O)(=O)c2cc(S(=O)(=O)c3ccccc3)ccc2C(F)(F)F)CC1. The van der Waals surface area contributed by atoms with Crippen LogP contribution < -0.4 is 4.72 Å². The molecule has 0 spiro atoms. The first-order valence-electron chi connectivity index (χ1n) is 10.2. The minimum atomic E-state index is -5.04. The molecule has 2 aromatic carbocycles. The van der Waals surface area contributed by atoms with E-state index in [1.807, 2.05) is 0 Å². The zero-order valence-corrected chi connectivity index (χ0v) is 19.6. The van der Waals surface area contributed by atoms with Crippen molar-refractivity contribution in [3.05, 3.63) is 54.1 Å². The molecule has 34 heavy (non-hydrogen) atoms. The summed E-state index contributed by atoms with van der Waals surface area (Å²) in [5.41, 5.74) is -1.48. The minimum absolute atomic E-state index is 0.181. The van der Waals surface area contributed by atoms with E-state index in [1.54, 1.807) is 11.0 Å². The van der Waals surface area contributed by atoms with Crippen molar-refractivity contribution in [3.63, 3.8) is 0 Å². The van der Waals surface area contributed by atoms with E-state index >= 15 is 0 Å². The largest absolute Gasteiger partial charge is 0.480 e. The van der Waals surface area contributed by atoms with E-state index in [9.17, 15) is 34.8 Å². The maximum Gasteiger partial charge on any atom is 0.417 e. The van der Waals surface area contributed by atoms with Gasteiger partial charge in [-0.05, 0) is 50.1 Å². The van der Waals surface area contributed by atoms with Crippen LogP contribution in [-0.2, 0) is 30.8 Å². The van der Waals surface area contributed by atoms with Crippen LogP contribution >= 0.6 is 0 Å². The third-order valence-electron chi connectivity index (χ3n) is 5.67. The summed E-state index contributed by atoms with van der Waals surface area (Å²) in [6, 6.07) is 7.13. The molecule has 1 fully saturated rings. The average molecular weight is 521 g/mol. The van der Waals surface area contributed by atoms with E-state index in [1.165, 1.54) is 31.2 Å². The van der Waals surface area contributed by atoms with Gasteiger partial charge in [-0.1, -0.05) is 18.2 Å². The first-order valence-corrected chi connectivity index (χ1v) is 13.2. The van der Waals surface area contributed by atoms with Gasteiger partial charge in [0.15, 0.2) is 0 Å². The molecule has 1 aliphatic rings. The molecule has 3 rings (SSSR count). The molecule has 2 N–H and O–H groups in total. The molecule has 0 bridgehead atoms. The Morgan fingerprint density at radius 3 is 2.15 bits per heavy atom. The van der Waals surface area contributed by atoms with Gasteiger partial charge in [-0.3, -0.25) is 9.69 Å². The minimum Gasteiger partial charge on any atom is -0.480 e. The Labute approximate surface area is 195 Å². The van der Waals surface area contributed by atoms with Crippen LogP contribution in [0.25, 0.3) is 0 Å². The van der Waals surface area contributed by atoms with Gasteiger partial charge >= 0.3 is 12.1 Å². The molecule has 186 valence electrons. The number of hydrogen-bond acceptors (Lipinski definition) is 6. The van der Waals surface area contributed by atoms with E-state index in [0.29, 0.717) is 12.1 Å². The molecule has 1 saturated heterocycles. The van der Waals surface area contributed by atoms with Crippen molar-refractivity contribution in [3.8, 4) is 0 Å². The lowest BCUT2D eigenvalue weighted by molar-refractivity contribution is -0.143. The topological polar surface area (TPSA) is 121 Å². The molecule has 1 aliphatic heterocycles. The number of piperidine rings is 1. The summed E-state index contributed by atoms with van der Waals surface area (Å²) in [6.45, 7) is 1.95. The van der Waals surface area contributed by atoms with Gasteiger partial charge < -0.3 is 5.11 Å². The maximum absolute atomic E-state index is 13.6. The molecule has 0 aromatic heterocycles. The fourth-order valence-corrected chi connectivity index (χ4v) is 6.65. The van der Waals surface area contributed by atoms with Gasteiger partial charge in [0.25, 0.3) is 0 Å². The van der Waals surface area contributed by atoms with Gasteiger partial charge in [-0.25, -0.2) is 21.6 Å². The summed E-state index contributed by atoms with van der Waals surface area (Å²) in [7, 11) is -9.03. The molecule has 8 nitrogen and oxygen atoms in total. The lowest BCUT2D eigenvalue weighted by Crippen LogP contribution is -2.49. The van der Waals surface area contributed by atoms with Crippen LogP contribution in [0.3, 0.4) is 0 Å². The van der Waals surface area contributed by atoms with Crippen LogP contribution in [0.4, 0.5) is 13.2 Å². The highest BCUT2D eigenvalue weighted by atomic mass is 32.2. The van der Waals surface area contributed by atoms with E-state index in [2.05, 4.69) is 4.72 Å². The van der Waals surface area contributed by atoms with Gasteiger partial charge in [0.05, 0.1) is 20.2 Å². The Morgan fingerprint density at radius 2 is 1.62 bits per heavy atom. The number of rotatable bonds is 7. The Kier molecular flexibility index (Phi) is 7.41. The number of sulfonamides is 1. The lowest BCUT2D eigenvalue weighted by Gasteiger charge is -2.34. The smallest absolute Gasteiger partial charge is 0.417 e. The number of likely N-dealkylation sites (tertiary alicyclic amines) is 1. The number of benzene rings is 2. The van der Waals surface area contributed by atoms with Crippen LogP contribution in [0.15, 0.2) is 63.2 Å². The predicted octanol–water partition coefficient (Wildman–Crippen LogP) is 2.75. The predicted molar refractivity (Wildman–Crippen MR) is 115 cm³/mol. The molecule has 0 radical (unpaired) electrons. The third kappa shape index (κ3) is 5.59. The number of sulfone groups is 1. The first kappa shape index (κ1) is 26.1. The number of aliphatic carboxylic acids is 1. The maximum atomic E-state index is 13.6. The van der Waals surface area contributed by atoms with Gasteiger partial charge in [-0.15, -0.1) is 0 Å². The molecular formula is C21H23F3N2O6S2. The van der Waals surface area contributed by atoms with Gasteiger partial charge in [0, 0.05) is 19.1 Å². The quantitative estimate of drug-likeness (QED) is 0.576. The van der Waals surface area contributed by atoms with E-state index < -0.39 is 59.4 Å². The molecular weight excluding hydrogens is 497 g/mol. The number of carboxylic acids is 1. The molecule has 1 heterocycles. The van der Waals surface area contributed by atoms with Crippen LogP contribution in [-0.4, -0.2) is 58.0 Å². The van der Waals surface area contributed by atoms with Crippen molar-refractivity contribution in [2.45, 2.75) is 52.7 Å². The van der Waals surface area contributed by atoms with Crippen molar-refractivity contribution >= 4 is 25.8 Å². The fourth-order valence-electron chi connectivity index (χ4n) is 3.71. The summed E-state index contributed by atoms with van der Waals surface area (Å²) in [5.74, 6) is -1.04. The number of nitrogens with zero attached hydrogens (tertiary/aromatic N) is 1. The van der Waals surface area contributed by atoms with E-state index in [4.69, 9.17) is 5.11 Å². The average Bonchev–Trinajstić information content (AvgIpc) is 2.78. The Morgan fingerprint density at radius 1 is 1.03 bits per heavy atom.